The Morgan fingerprint density at radius 1 is 1.07 bits per heavy atom. The van der Waals surface area contributed by atoms with Gasteiger partial charge in [0.1, 0.15) is 0 Å². The molecule has 0 N–H and O–H groups in total. The van der Waals surface area contributed by atoms with Gasteiger partial charge in [0.2, 0.25) is 17.6 Å². The fraction of sp³-hybridized carbons (Fsp3) is 0.318. The molecule has 0 saturated carbocycles. The van der Waals surface area contributed by atoms with E-state index in [0.717, 1.165) is 11.3 Å². The van der Waals surface area contributed by atoms with Crippen molar-refractivity contribution in [2.45, 2.75) is 39.0 Å². The maximum atomic E-state index is 12.5. The average Bonchev–Trinajstić information content (AvgIpc) is 3.29. The van der Waals surface area contributed by atoms with Crippen molar-refractivity contribution in [2.75, 3.05) is 11.4 Å². The highest BCUT2D eigenvalue weighted by molar-refractivity contribution is 5.96. The van der Waals surface area contributed by atoms with Gasteiger partial charge in [0.25, 0.3) is 0 Å². The van der Waals surface area contributed by atoms with Crippen molar-refractivity contribution in [3.63, 3.8) is 0 Å². The van der Waals surface area contributed by atoms with Crippen molar-refractivity contribution >= 4 is 11.6 Å². The van der Waals surface area contributed by atoms with Crippen molar-refractivity contribution in [3.05, 3.63) is 65.5 Å². The first-order chi connectivity index (χ1) is 13.0. The first kappa shape index (κ1) is 17.5. The van der Waals surface area contributed by atoms with Crippen LogP contribution in [0.4, 0.5) is 5.69 Å². The summed E-state index contributed by atoms with van der Waals surface area (Å²) in [5.74, 6) is 1.58. The number of anilines is 1. The summed E-state index contributed by atoms with van der Waals surface area (Å²) >= 11 is 0. The van der Waals surface area contributed by atoms with Gasteiger partial charge in [-0.15, -0.1) is 0 Å². The van der Waals surface area contributed by atoms with Crippen LogP contribution in [-0.4, -0.2) is 22.6 Å². The Hall–Kier alpha value is -2.95. The number of nitrogens with zero attached hydrogens (tertiary/aromatic N) is 3. The molecule has 1 aliphatic heterocycles. The lowest BCUT2D eigenvalue weighted by atomic mass is 10.0. The van der Waals surface area contributed by atoms with Gasteiger partial charge in [0.15, 0.2) is 0 Å². The molecule has 3 aromatic rings. The molecule has 1 atom stereocenters. The number of hydrogen-bond donors (Lipinski definition) is 0. The maximum Gasteiger partial charge on any atom is 0.232 e. The van der Waals surface area contributed by atoms with Gasteiger partial charge in [-0.25, -0.2) is 0 Å². The van der Waals surface area contributed by atoms with Crippen LogP contribution in [-0.2, 0) is 4.79 Å². The van der Waals surface area contributed by atoms with E-state index >= 15 is 0 Å². The molecule has 0 radical (unpaired) electrons. The van der Waals surface area contributed by atoms with E-state index in [-0.39, 0.29) is 11.8 Å². The summed E-state index contributed by atoms with van der Waals surface area (Å²) in [6.07, 6.45) is 0.390. The van der Waals surface area contributed by atoms with Gasteiger partial charge < -0.3 is 9.42 Å². The van der Waals surface area contributed by atoms with Gasteiger partial charge in [-0.05, 0) is 30.5 Å². The summed E-state index contributed by atoms with van der Waals surface area (Å²) in [6.45, 7) is 6.92. The van der Waals surface area contributed by atoms with E-state index in [0.29, 0.717) is 30.6 Å². The third-order valence-corrected chi connectivity index (χ3v) is 5.10. The van der Waals surface area contributed by atoms with E-state index in [2.05, 4.69) is 36.1 Å². The first-order valence-corrected chi connectivity index (χ1v) is 9.32. The van der Waals surface area contributed by atoms with E-state index in [1.165, 1.54) is 11.1 Å². The van der Waals surface area contributed by atoms with Crippen LogP contribution in [0.1, 0.15) is 49.1 Å². The van der Waals surface area contributed by atoms with E-state index in [1.54, 1.807) is 0 Å². The summed E-state index contributed by atoms with van der Waals surface area (Å²) in [4.78, 5) is 18.9. The van der Waals surface area contributed by atoms with Crippen LogP contribution >= 0.6 is 0 Å². The third kappa shape index (κ3) is 3.50. The lowest BCUT2D eigenvalue weighted by Gasteiger charge is -2.17. The van der Waals surface area contributed by atoms with Crippen molar-refractivity contribution in [2.24, 2.45) is 0 Å². The molecule has 1 fully saturated rings. The van der Waals surface area contributed by atoms with Crippen LogP contribution in [0, 0.1) is 6.92 Å². The minimum absolute atomic E-state index is 0.0750. The number of rotatable bonds is 4. The van der Waals surface area contributed by atoms with Crippen molar-refractivity contribution in [1.82, 2.24) is 10.1 Å². The van der Waals surface area contributed by atoms with Crippen LogP contribution < -0.4 is 4.90 Å². The van der Waals surface area contributed by atoms with Crippen LogP contribution in [0.25, 0.3) is 11.4 Å². The predicted molar refractivity (Wildman–Crippen MR) is 105 cm³/mol. The molecule has 27 heavy (non-hydrogen) atoms. The number of amides is 1. The van der Waals surface area contributed by atoms with E-state index in [4.69, 9.17) is 4.52 Å². The Balaban J connectivity index is 1.51. The zero-order valence-electron chi connectivity index (χ0n) is 15.8. The Morgan fingerprint density at radius 3 is 2.44 bits per heavy atom. The molecule has 0 unspecified atom stereocenters. The van der Waals surface area contributed by atoms with Gasteiger partial charge in [-0.1, -0.05) is 61.0 Å². The van der Waals surface area contributed by atoms with Crippen LogP contribution in [0.5, 0.6) is 0 Å². The molecule has 1 saturated heterocycles. The van der Waals surface area contributed by atoms with Gasteiger partial charge in [0.05, 0.1) is 5.92 Å². The second-order valence-corrected chi connectivity index (χ2v) is 7.47. The third-order valence-electron chi connectivity index (χ3n) is 5.10. The largest absolute Gasteiger partial charge is 0.339 e. The Kier molecular flexibility index (Phi) is 4.52. The van der Waals surface area contributed by atoms with E-state index in [1.807, 2.05) is 48.2 Å². The molecular formula is C22H23N3O2. The molecule has 0 spiro atoms. The highest BCUT2D eigenvalue weighted by Crippen LogP contribution is 2.32. The lowest BCUT2D eigenvalue weighted by Crippen LogP contribution is -2.24. The predicted octanol–water partition coefficient (Wildman–Crippen LogP) is 4.69. The number of carbonyl (C=O) groups excluding carboxylic acids is 1. The Bertz CT molecular complexity index is 942. The molecular weight excluding hydrogens is 338 g/mol. The highest BCUT2D eigenvalue weighted by Gasteiger charge is 2.35. The molecule has 1 aromatic heterocycles. The molecule has 0 aliphatic carbocycles. The summed E-state index contributed by atoms with van der Waals surface area (Å²) in [7, 11) is 0. The topological polar surface area (TPSA) is 59.2 Å². The average molecular weight is 361 g/mol. The Morgan fingerprint density at radius 2 is 1.78 bits per heavy atom. The SMILES string of the molecule is Cc1ccc(-c2noc([C@@H]3CC(=O)N(c4ccc(C(C)C)cc4)C3)n2)cc1. The quantitative estimate of drug-likeness (QED) is 0.676. The van der Waals surface area contributed by atoms with Crippen LogP contribution in [0.15, 0.2) is 53.1 Å². The molecule has 4 rings (SSSR count). The second-order valence-electron chi connectivity index (χ2n) is 7.47. The summed E-state index contributed by atoms with van der Waals surface area (Å²) in [5, 5.41) is 4.10. The van der Waals surface area contributed by atoms with Gasteiger partial charge >= 0.3 is 0 Å². The standard InChI is InChI=1S/C22H23N3O2/c1-14(2)16-8-10-19(11-9-16)25-13-18(12-20(25)26)22-23-21(24-27-22)17-6-4-15(3)5-7-17/h4-11,14,18H,12-13H2,1-3H3/t18-/m1/s1. The summed E-state index contributed by atoms with van der Waals surface area (Å²) in [6, 6.07) is 16.2. The normalized spacial score (nSPS) is 17.1. The minimum Gasteiger partial charge on any atom is -0.339 e. The number of aryl methyl sites for hydroxylation is 1. The van der Waals surface area contributed by atoms with E-state index < -0.39 is 0 Å². The van der Waals surface area contributed by atoms with Gasteiger partial charge in [-0.3, -0.25) is 4.79 Å². The molecule has 138 valence electrons. The first-order valence-electron chi connectivity index (χ1n) is 9.32. The smallest absolute Gasteiger partial charge is 0.232 e. The lowest BCUT2D eigenvalue weighted by molar-refractivity contribution is -0.117. The summed E-state index contributed by atoms with van der Waals surface area (Å²) in [5.41, 5.74) is 4.29. The highest BCUT2D eigenvalue weighted by atomic mass is 16.5. The van der Waals surface area contributed by atoms with Gasteiger partial charge in [0, 0.05) is 24.2 Å². The minimum atomic E-state index is -0.0750. The Labute approximate surface area is 159 Å². The van der Waals surface area contributed by atoms with Gasteiger partial charge in [-0.2, -0.15) is 4.98 Å². The molecule has 2 aromatic carbocycles. The monoisotopic (exact) mass is 361 g/mol. The fourth-order valence-electron chi connectivity index (χ4n) is 3.38. The molecule has 5 nitrogen and oxygen atoms in total. The maximum absolute atomic E-state index is 12.5. The zero-order chi connectivity index (χ0) is 19.0. The van der Waals surface area contributed by atoms with Crippen molar-refractivity contribution in [1.29, 1.82) is 0 Å². The molecule has 5 heteroatoms. The van der Waals surface area contributed by atoms with Crippen LogP contribution in [0.2, 0.25) is 0 Å². The number of hydrogen-bond acceptors (Lipinski definition) is 4. The molecule has 1 amide bonds. The van der Waals surface area contributed by atoms with Crippen molar-refractivity contribution in [3.8, 4) is 11.4 Å². The van der Waals surface area contributed by atoms with Crippen molar-refractivity contribution < 1.29 is 9.32 Å². The van der Waals surface area contributed by atoms with E-state index in [9.17, 15) is 4.79 Å². The molecule has 2 heterocycles. The molecule has 0 bridgehead atoms. The fourth-order valence-corrected chi connectivity index (χ4v) is 3.38. The van der Waals surface area contributed by atoms with Crippen LogP contribution in [0.3, 0.4) is 0 Å². The number of benzene rings is 2. The second kappa shape index (κ2) is 6.99. The molecule has 1 aliphatic rings. The zero-order valence-corrected chi connectivity index (χ0v) is 15.8. The number of carbonyl (C=O) groups is 1. The summed E-state index contributed by atoms with van der Waals surface area (Å²) < 4.78 is 5.48. The number of aromatic nitrogens is 2.